The van der Waals surface area contributed by atoms with Gasteiger partial charge in [-0.3, -0.25) is 14.2 Å². The highest BCUT2D eigenvalue weighted by molar-refractivity contribution is 5.91. The molecule has 4 aromatic rings. The summed E-state index contributed by atoms with van der Waals surface area (Å²) >= 11 is 0. The van der Waals surface area contributed by atoms with Crippen molar-refractivity contribution in [1.82, 2.24) is 29.8 Å². The van der Waals surface area contributed by atoms with Crippen LogP contribution < -0.4 is 10.9 Å². The summed E-state index contributed by atoms with van der Waals surface area (Å²) in [6.45, 7) is 3.67. The molecule has 1 N–H and O–H groups in total. The maximum absolute atomic E-state index is 12.6. The molecular weight excluding hydrogens is 358 g/mol. The van der Waals surface area contributed by atoms with Crippen LogP contribution in [0.3, 0.4) is 0 Å². The third-order valence-electron chi connectivity index (χ3n) is 4.45. The molecule has 0 saturated heterocycles. The van der Waals surface area contributed by atoms with E-state index in [0.29, 0.717) is 16.6 Å². The van der Waals surface area contributed by atoms with E-state index in [2.05, 4.69) is 25.8 Å². The van der Waals surface area contributed by atoms with Crippen LogP contribution in [0.1, 0.15) is 11.1 Å². The molecule has 9 heteroatoms. The number of rotatable bonds is 4. The first-order valence-electron chi connectivity index (χ1n) is 8.61. The number of tetrazole rings is 1. The zero-order valence-electron chi connectivity index (χ0n) is 15.3. The molecule has 0 radical (unpaired) electrons. The van der Waals surface area contributed by atoms with Gasteiger partial charge in [-0.1, -0.05) is 12.1 Å². The number of nitrogens with one attached hydrogen (secondary N) is 1. The van der Waals surface area contributed by atoms with Crippen LogP contribution in [0.2, 0.25) is 0 Å². The highest BCUT2D eigenvalue weighted by Gasteiger charge is 2.11. The molecule has 0 aliphatic carbocycles. The van der Waals surface area contributed by atoms with Crippen LogP contribution in [0.25, 0.3) is 16.6 Å². The van der Waals surface area contributed by atoms with Gasteiger partial charge in [0.2, 0.25) is 5.91 Å². The van der Waals surface area contributed by atoms with E-state index in [4.69, 9.17) is 0 Å². The lowest BCUT2D eigenvalue weighted by Gasteiger charge is -2.11. The summed E-state index contributed by atoms with van der Waals surface area (Å²) < 4.78 is 2.85. The Morgan fingerprint density at radius 3 is 2.71 bits per heavy atom. The number of benzene rings is 2. The second kappa shape index (κ2) is 7.03. The lowest BCUT2D eigenvalue weighted by molar-refractivity contribution is -0.116. The lowest BCUT2D eigenvalue weighted by atomic mass is 10.1. The van der Waals surface area contributed by atoms with Crippen molar-refractivity contribution in [2.45, 2.75) is 20.4 Å². The standard InChI is InChI=1S/C19H17N7O2/c1-12-4-3-5-15-18(12)20-10-25(19(15)28)9-17(27)22-14-6-7-16(13(2)8-14)26-11-21-23-24-26/h3-8,10-11H,9H2,1-2H3,(H,22,27). The molecule has 0 bridgehead atoms. The van der Waals surface area contributed by atoms with Crippen molar-refractivity contribution in [3.05, 3.63) is 70.5 Å². The molecule has 0 fully saturated rings. The van der Waals surface area contributed by atoms with E-state index in [1.807, 2.05) is 32.0 Å². The smallest absolute Gasteiger partial charge is 0.261 e. The second-order valence-electron chi connectivity index (χ2n) is 6.45. The molecule has 2 aromatic carbocycles. The second-order valence-corrected chi connectivity index (χ2v) is 6.45. The molecule has 0 saturated carbocycles. The molecule has 140 valence electrons. The first kappa shape index (κ1) is 17.5. The van der Waals surface area contributed by atoms with Crippen molar-refractivity contribution in [3.63, 3.8) is 0 Å². The molecule has 0 aliphatic heterocycles. The van der Waals surface area contributed by atoms with E-state index in [1.165, 1.54) is 17.2 Å². The molecule has 4 rings (SSSR count). The summed E-state index contributed by atoms with van der Waals surface area (Å²) in [5.41, 5.74) is 3.66. The van der Waals surface area contributed by atoms with Crippen molar-refractivity contribution < 1.29 is 4.79 Å². The van der Waals surface area contributed by atoms with Gasteiger partial charge in [-0.2, -0.15) is 0 Å². The average Bonchev–Trinajstić information content (AvgIpc) is 3.19. The lowest BCUT2D eigenvalue weighted by Crippen LogP contribution is -2.28. The van der Waals surface area contributed by atoms with Crippen LogP contribution in [0.4, 0.5) is 5.69 Å². The molecule has 0 atom stereocenters. The van der Waals surface area contributed by atoms with Crippen LogP contribution in [-0.4, -0.2) is 35.7 Å². The minimum Gasteiger partial charge on any atom is -0.325 e. The number of carbonyl (C=O) groups is 1. The summed E-state index contributed by atoms with van der Waals surface area (Å²) in [5, 5.41) is 14.4. The highest BCUT2D eigenvalue weighted by Crippen LogP contribution is 2.18. The van der Waals surface area contributed by atoms with Gasteiger partial charge in [0.1, 0.15) is 12.9 Å². The number of aromatic nitrogens is 6. The number of carbonyl (C=O) groups excluding carboxylic acids is 1. The number of hydrogen-bond acceptors (Lipinski definition) is 6. The molecule has 1 amide bonds. The molecule has 2 heterocycles. The Morgan fingerprint density at radius 1 is 1.11 bits per heavy atom. The van der Waals surface area contributed by atoms with E-state index in [0.717, 1.165) is 16.8 Å². The van der Waals surface area contributed by atoms with E-state index in [1.54, 1.807) is 22.9 Å². The number of hydrogen-bond donors (Lipinski definition) is 1. The van der Waals surface area contributed by atoms with Crippen LogP contribution in [-0.2, 0) is 11.3 Å². The minimum atomic E-state index is -0.314. The third kappa shape index (κ3) is 3.25. The van der Waals surface area contributed by atoms with Gasteiger partial charge in [0, 0.05) is 5.69 Å². The summed E-state index contributed by atoms with van der Waals surface area (Å²) in [6.07, 6.45) is 2.91. The quantitative estimate of drug-likeness (QED) is 0.581. The zero-order valence-corrected chi connectivity index (χ0v) is 15.3. The van der Waals surface area contributed by atoms with E-state index in [-0.39, 0.29) is 18.0 Å². The molecule has 9 nitrogen and oxygen atoms in total. The Kier molecular flexibility index (Phi) is 4.40. The van der Waals surface area contributed by atoms with Gasteiger partial charge in [0.25, 0.3) is 5.56 Å². The van der Waals surface area contributed by atoms with Crippen molar-refractivity contribution in [1.29, 1.82) is 0 Å². The number of anilines is 1. The number of fused-ring (bicyclic) bond motifs is 1. The van der Waals surface area contributed by atoms with Crippen molar-refractivity contribution in [2.24, 2.45) is 0 Å². The molecule has 0 aliphatic rings. The van der Waals surface area contributed by atoms with Gasteiger partial charge >= 0.3 is 0 Å². The Hall–Kier alpha value is -3.88. The monoisotopic (exact) mass is 375 g/mol. The van der Waals surface area contributed by atoms with Gasteiger partial charge in [0.05, 0.1) is 22.9 Å². The van der Waals surface area contributed by atoms with Crippen LogP contribution in [0.15, 0.2) is 53.8 Å². The number of nitrogens with zero attached hydrogens (tertiary/aromatic N) is 6. The zero-order chi connectivity index (χ0) is 19.7. The highest BCUT2D eigenvalue weighted by atomic mass is 16.2. The fourth-order valence-corrected chi connectivity index (χ4v) is 3.07. The fourth-order valence-electron chi connectivity index (χ4n) is 3.07. The van der Waals surface area contributed by atoms with Crippen LogP contribution >= 0.6 is 0 Å². The Balaban J connectivity index is 1.54. The third-order valence-corrected chi connectivity index (χ3v) is 4.45. The molecule has 0 unspecified atom stereocenters. The summed E-state index contributed by atoms with van der Waals surface area (Å²) in [7, 11) is 0. The van der Waals surface area contributed by atoms with Crippen molar-refractivity contribution in [2.75, 3.05) is 5.32 Å². The van der Waals surface area contributed by atoms with E-state index < -0.39 is 0 Å². The number of amides is 1. The van der Waals surface area contributed by atoms with Gasteiger partial charge < -0.3 is 5.32 Å². The van der Waals surface area contributed by atoms with Gasteiger partial charge in [-0.05, 0) is 59.7 Å². The number of para-hydroxylation sites is 1. The van der Waals surface area contributed by atoms with Crippen LogP contribution in [0.5, 0.6) is 0 Å². The maximum Gasteiger partial charge on any atom is 0.261 e. The molecule has 2 aromatic heterocycles. The largest absolute Gasteiger partial charge is 0.325 e. The molecule has 0 spiro atoms. The van der Waals surface area contributed by atoms with Gasteiger partial charge in [0.15, 0.2) is 0 Å². The normalized spacial score (nSPS) is 10.9. The minimum absolute atomic E-state index is 0.122. The summed E-state index contributed by atoms with van der Waals surface area (Å²) in [5.74, 6) is -0.314. The Morgan fingerprint density at radius 2 is 1.96 bits per heavy atom. The molecule has 28 heavy (non-hydrogen) atoms. The maximum atomic E-state index is 12.6. The van der Waals surface area contributed by atoms with Crippen LogP contribution in [0, 0.1) is 13.8 Å². The van der Waals surface area contributed by atoms with Crippen molar-refractivity contribution in [3.8, 4) is 5.69 Å². The summed E-state index contributed by atoms with van der Waals surface area (Å²) in [6, 6.07) is 10.8. The Labute approximate surface area is 159 Å². The topological polar surface area (TPSA) is 108 Å². The fraction of sp³-hybridized carbons (Fsp3) is 0.158. The Bertz CT molecular complexity index is 1230. The molecular formula is C19H17N7O2. The van der Waals surface area contributed by atoms with Gasteiger partial charge in [-0.15, -0.1) is 5.10 Å². The van der Waals surface area contributed by atoms with Crippen molar-refractivity contribution >= 4 is 22.5 Å². The SMILES string of the molecule is Cc1cc(NC(=O)Cn2cnc3c(C)cccc3c2=O)ccc1-n1cnnn1. The first-order valence-corrected chi connectivity index (χ1v) is 8.61. The number of aryl methyl sites for hydroxylation is 2. The summed E-state index contributed by atoms with van der Waals surface area (Å²) in [4.78, 5) is 29.4. The van der Waals surface area contributed by atoms with E-state index >= 15 is 0 Å². The van der Waals surface area contributed by atoms with E-state index in [9.17, 15) is 9.59 Å². The van der Waals surface area contributed by atoms with Gasteiger partial charge in [-0.25, -0.2) is 9.67 Å². The predicted molar refractivity (Wildman–Crippen MR) is 103 cm³/mol. The average molecular weight is 375 g/mol. The predicted octanol–water partition coefficient (Wildman–Crippen LogP) is 1.63. The first-order chi connectivity index (χ1) is 13.5.